The molecule has 0 spiro atoms. The third kappa shape index (κ3) is 2.72. The fourth-order valence-electron chi connectivity index (χ4n) is 1.95. The molecule has 2 N–H and O–H groups in total. The summed E-state index contributed by atoms with van der Waals surface area (Å²) in [5.41, 5.74) is 3.17. The van der Waals surface area contributed by atoms with Gasteiger partial charge in [-0.25, -0.2) is 4.79 Å². The molecule has 104 valence electrons. The number of anilines is 1. The fraction of sp³-hybridized carbons (Fsp3) is 0.200. The van der Waals surface area contributed by atoms with Crippen molar-refractivity contribution in [2.24, 2.45) is 0 Å². The second-order valence-electron chi connectivity index (χ2n) is 4.66. The van der Waals surface area contributed by atoms with Crippen LogP contribution in [0.15, 0.2) is 23.6 Å². The van der Waals surface area contributed by atoms with Crippen molar-refractivity contribution >= 4 is 28.9 Å². The number of rotatable bonds is 3. The van der Waals surface area contributed by atoms with Crippen LogP contribution in [-0.2, 0) is 0 Å². The van der Waals surface area contributed by atoms with Crippen molar-refractivity contribution in [2.45, 2.75) is 20.8 Å². The number of aryl methyl sites for hydroxylation is 2. The molecule has 0 aliphatic carbocycles. The molecule has 1 aromatic heterocycles. The third-order valence-corrected chi connectivity index (χ3v) is 4.24. The van der Waals surface area contributed by atoms with Crippen LogP contribution in [0.25, 0.3) is 0 Å². The predicted molar refractivity (Wildman–Crippen MR) is 79.9 cm³/mol. The maximum absolute atomic E-state index is 12.1. The van der Waals surface area contributed by atoms with Crippen LogP contribution < -0.4 is 5.32 Å². The Balaban J connectivity index is 2.33. The number of hydrogen-bond donors (Lipinski definition) is 2. The number of carboxylic acid groups (broad SMARTS) is 1. The van der Waals surface area contributed by atoms with Crippen LogP contribution in [0.2, 0.25) is 0 Å². The first-order valence-corrected chi connectivity index (χ1v) is 6.98. The van der Waals surface area contributed by atoms with Gasteiger partial charge in [-0.05, 0) is 61.0 Å². The van der Waals surface area contributed by atoms with Crippen molar-refractivity contribution in [3.05, 3.63) is 50.7 Å². The zero-order chi connectivity index (χ0) is 14.9. The minimum atomic E-state index is -0.992. The van der Waals surface area contributed by atoms with E-state index < -0.39 is 5.97 Å². The molecule has 0 aliphatic rings. The van der Waals surface area contributed by atoms with Gasteiger partial charge in [0, 0.05) is 5.69 Å². The van der Waals surface area contributed by atoms with Gasteiger partial charge in [-0.2, -0.15) is 0 Å². The summed E-state index contributed by atoms with van der Waals surface area (Å²) in [6.07, 6.45) is 0. The summed E-state index contributed by atoms with van der Waals surface area (Å²) in [5, 5.41) is 13.8. The van der Waals surface area contributed by atoms with E-state index in [0.29, 0.717) is 16.1 Å². The number of carbonyl (C=O) groups excluding carboxylic acids is 1. The Morgan fingerprint density at radius 3 is 2.40 bits per heavy atom. The summed E-state index contributed by atoms with van der Waals surface area (Å²) >= 11 is 1.37. The Bertz CT molecular complexity index is 688. The minimum Gasteiger partial charge on any atom is -0.478 e. The molecule has 0 saturated carbocycles. The van der Waals surface area contributed by atoms with Crippen LogP contribution >= 0.6 is 11.3 Å². The van der Waals surface area contributed by atoms with Gasteiger partial charge in [0.25, 0.3) is 5.91 Å². The van der Waals surface area contributed by atoms with Crippen LogP contribution in [0, 0.1) is 20.8 Å². The first-order chi connectivity index (χ1) is 9.40. The smallest absolute Gasteiger partial charge is 0.336 e. The highest BCUT2D eigenvalue weighted by atomic mass is 32.1. The van der Waals surface area contributed by atoms with Gasteiger partial charge in [-0.1, -0.05) is 0 Å². The number of aromatic carboxylic acids is 1. The molecule has 4 nitrogen and oxygen atoms in total. The van der Waals surface area contributed by atoms with Crippen molar-refractivity contribution in [1.82, 2.24) is 0 Å². The molecular formula is C15H15NO3S. The van der Waals surface area contributed by atoms with Gasteiger partial charge in [0.2, 0.25) is 0 Å². The molecule has 0 unspecified atom stereocenters. The first kappa shape index (κ1) is 14.3. The number of carboxylic acids is 1. The molecule has 2 aromatic rings. The van der Waals surface area contributed by atoms with Gasteiger partial charge in [-0.3, -0.25) is 4.79 Å². The molecule has 0 saturated heterocycles. The number of benzene rings is 1. The van der Waals surface area contributed by atoms with E-state index in [9.17, 15) is 9.59 Å². The number of amides is 1. The lowest BCUT2D eigenvalue weighted by molar-refractivity contribution is 0.0695. The summed E-state index contributed by atoms with van der Waals surface area (Å²) in [6, 6.07) is 5.15. The Morgan fingerprint density at radius 1 is 1.15 bits per heavy atom. The molecule has 1 aromatic carbocycles. The quantitative estimate of drug-likeness (QED) is 0.906. The summed E-state index contributed by atoms with van der Waals surface area (Å²) in [6.45, 7) is 5.45. The van der Waals surface area contributed by atoms with Crippen LogP contribution in [0.4, 0.5) is 5.69 Å². The first-order valence-electron chi connectivity index (χ1n) is 6.10. The second-order valence-corrected chi connectivity index (χ2v) is 5.57. The van der Waals surface area contributed by atoms with E-state index >= 15 is 0 Å². The summed E-state index contributed by atoms with van der Waals surface area (Å²) in [7, 11) is 0. The second kappa shape index (κ2) is 5.46. The maximum Gasteiger partial charge on any atom is 0.336 e. The van der Waals surface area contributed by atoms with Gasteiger partial charge in [0.05, 0.1) is 10.4 Å². The topological polar surface area (TPSA) is 66.4 Å². The average molecular weight is 289 g/mol. The van der Waals surface area contributed by atoms with Gasteiger partial charge in [0.15, 0.2) is 0 Å². The van der Waals surface area contributed by atoms with Crippen LogP contribution in [0.5, 0.6) is 0 Å². The Hall–Kier alpha value is -2.14. The average Bonchev–Trinajstić information content (AvgIpc) is 2.79. The molecule has 0 aliphatic heterocycles. The van der Waals surface area contributed by atoms with E-state index in [-0.39, 0.29) is 11.5 Å². The third-order valence-electron chi connectivity index (χ3n) is 3.22. The monoisotopic (exact) mass is 289 g/mol. The molecule has 5 heteroatoms. The summed E-state index contributed by atoms with van der Waals surface area (Å²) < 4.78 is 0. The zero-order valence-electron chi connectivity index (χ0n) is 11.5. The van der Waals surface area contributed by atoms with Crippen molar-refractivity contribution in [3.63, 3.8) is 0 Å². The number of carbonyl (C=O) groups is 2. The lowest BCUT2D eigenvalue weighted by atomic mass is 10.0. The Kier molecular flexibility index (Phi) is 3.90. The predicted octanol–water partition coefficient (Wildman–Crippen LogP) is 3.62. The van der Waals surface area contributed by atoms with Gasteiger partial charge in [-0.15, -0.1) is 11.3 Å². The highest BCUT2D eigenvalue weighted by molar-refractivity contribution is 7.12. The van der Waals surface area contributed by atoms with Crippen LogP contribution in [0.1, 0.15) is 36.7 Å². The molecule has 1 heterocycles. The standard InChI is InChI=1S/C15H15NO3S/c1-8-4-5-20-13(8)14(17)16-11-6-9(2)10(3)12(7-11)15(18)19/h4-7H,1-3H3,(H,16,17)(H,18,19). The largest absolute Gasteiger partial charge is 0.478 e. The van der Waals surface area contributed by atoms with Gasteiger partial charge in [0.1, 0.15) is 0 Å². The fourth-order valence-corrected chi connectivity index (χ4v) is 2.77. The normalized spacial score (nSPS) is 10.3. The number of nitrogens with one attached hydrogen (secondary N) is 1. The molecular weight excluding hydrogens is 274 g/mol. The van der Waals surface area contributed by atoms with E-state index in [1.165, 1.54) is 17.4 Å². The molecule has 0 fully saturated rings. The number of hydrogen-bond acceptors (Lipinski definition) is 3. The molecule has 2 rings (SSSR count). The van der Waals surface area contributed by atoms with E-state index in [4.69, 9.17) is 5.11 Å². The SMILES string of the molecule is Cc1ccsc1C(=O)Nc1cc(C)c(C)c(C(=O)O)c1. The summed E-state index contributed by atoms with van der Waals surface area (Å²) in [4.78, 5) is 23.9. The van der Waals surface area contributed by atoms with Crippen LogP contribution in [-0.4, -0.2) is 17.0 Å². The Morgan fingerprint density at radius 2 is 1.85 bits per heavy atom. The van der Waals surface area contributed by atoms with Crippen molar-refractivity contribution < 1.29 is 14.7 Å². The summed E-state index contributed by atoms with van der Waals surface area (Å²) in [5.74, 6) is -1.20. The van der Waals surface area contributed by atoms with Crippen molar-refractivity contribution in [1.29, 1.82) is 0 Å². The Labute approximate surface area is 121 Å². The van der Waals surface area contributed by atoms with Crippen LogP contribution in [0.3, 0.4) is 0 Å². The van der Waals surface area contributed by atoms with Crippen molar-refractivity contribution in [2.75, 3.05) is 5.32 Å². The highest BCUT2D eigenvalue weighted by Crippen LogP contribution is 2.22. The molecule has 0 atom stereocenters. The van der Waals surface area contributed by atoms with E-state index in [2.05, 4.69) is 5.32 Å². The van der Waals surface area contributed by atoms with Crippen molar-refractivity contribution in [3.8, 4) is 0 Å². The maximum atomic E-state index is 12.1. The lowest BCUT2D eigenvalue weighted by Gasteiger charge is -2.10. The molecule has 20 heavy (non-hydrogen) atoms. The van der Waals surface area contributed by atoms with E-state index in [0.717, 1.165) is 11.1 Å². The lowest BCUT2D eigenvalue weighted by Crippen LogP contribution is -2.13. The molecule has 0 bridgehead atoms. The molecule has 1 amide bonds. The minimum absolute atomic E-state index is 0.211. The molecule has 0 radical (unpaired) electrons. The zero-order valence-corrected chi connectivity index (χ0v) is 12.3. The number of thiophene rings is 1. The van der Waals surface area contributed by atoms with E-state index in [1.54, 1.807) is 13.0 Å². The van der Waals surface area contributed by atoms with Gasteiger partial charge < -0.3 is 10.4 Å². The van der Waals surface area contributed by atoms with E-state index in [1.807, 2.05) is 25.3 Å². The van der Waals surface area contributed by atoms with Gasteiger partial charge >= 0.3 is 5.97 Å². The highest BCUT2D eigenvalue weighted by Gasteiger charge is 2.14.